The second-order valence-electron chi connectivity index (χ2n) is 4.43. The summed E-state index contributed by atoms with van der Waals surface area (Å²) in [7, 11) is 1.92. The third-order valence-corrected chi connectivity index (χ3v) is 3.91. The molecule has 0 radical (unpaired) electrons. The molecule has 2 heterocycles. The highest BCUT2D eigenvalue weighted by molar-refractivity contribution is 7.14. The summed E-state index contributed by atoms with van der Waals surface area (Å²) in [5.41, 5.74) is 2.08. The molecule has 2 aromatic heterocycles. The van der Waals surface area contributed by atoms with E-state index in [9.17, 15) is 4.79 Å². The maximum atomic E-state index is 11.5. The molecular formula is C13H19N5OS. The highest BCUT2D eigenvalue weighted by Gasteiger charge is 2.13. The molecular weight excluding hydrogens is 274 g/mol. The van der Waals surface area contributed by atoms with Crippen LogP contribution in [-0.4, -0.2) is 27.2 Å². The minimum absolute atomic E-state index is 0.0243. The zero-order valence-corrected chi connectivity index (χ0v) is 12.8. The quantitative estimate of drug-likeness (QED) is 0.877. The first-order valence-electron chi connectivity index (χ1n) is 6.52. The lowest BCUT2D eigenvalue weighted by Crippen LogP contribution is -2.27. The Hall–Kier alpha value is -1.73. The number of aryl methyl sites for hydroxylation is 1. The fourth-order valence-corrected chi connectivity index (χ4v) is 2.82. The third-order valence-electron chi connectivity index (χ3n) is 3.00. The Morgan fingerprint density at radius 3 is 2.90 bits per heavy atom. The number of carbonyl (C=O) groups excluding carboxylic acids is 1. The van der Waals surface area contributed by atoms with E-state index in [1.54, 1.807) is 18.0 Å². The maximum Gasteiger partial charge on any atom is 0.225 e. The SMILES string of the molecule is CCN(C(C)=O)c1nc(CNCc2ccnn2C)cs1. The zero-order chi connectivity index (χ0) is 14.5. The van der Waals surface area contributed by atoms with Crippen molar-refractivity contribution < 1.29 is 4.79 Å². The lowest BCUT2D eigenvalue weighted by atomic mass is 10.4. The van der Waals surface area contributed by atoms with Gasteiger partial charge in [-0.05, 0) is 13.0 Å². The van der Waals surface area contributed by atoms with Gasteiger partial charge in [0.05, 0.1) is 11.4 Å². The van der Waals surface area contributed by atoms with E-state index in [-0.39, 0.29) is 5.91 Å². The van der Waals surface area contributed by atoms with Gasteiger partial charge in [0, 0.05) is 45.2 Å². The summed E-state index contributed by atoms with van der Waals surface area (Å²) < 4.78 is 1.84. The number of rotatable bonds is 6. The predicted molar refractivity (Wildman–Crippen MR) is 79.6 cm³/mol. The highest BCUT2D eigenvalue weighted by Crippen LogP contribution is 2.20. The fraction of sp³-hybridized carbons (Fsp3) is 0.462. The lowest BCUT2D eigenvalue weighted by molar-refractivity contribution is -0.116. The second-order valence-corrected chi connectivity index (χ2v) is 5.27. The second kappa shape index (κ2) is 6.62. The van der Waals surface area contributed by atoms with Crippen LogP contribution in [0.5, 0.6) is 0 Å². The zero-order valence-electron chi connectivity index (χ0n) is 12.0. The molecule has 6 nitrogen and oxygen atoms in total. The Kier molecular flexibility index (Phi) is 4.86. The molecule has 0 spiro atoms. The molecule has 2 rings (SSSR count). The van der Waals surface area contributed by atoms with Gasteiger partial charge in [0.25, 0.3) is 0 Å². The highest BCUT2D eigenvalue weighted by atomic mass is 32.1. The molecule has 0 fully saturated rings. The molecule has 0 atom stereocenters. The fourth-order valence-electron chi connectivity index (χ4n) is 1.89. The molecule has 0 aliphatic heterocycles. The van der Waals surface area contributed by atoms with E-state index in [0.29, 0.717) is 13.1 Å². The molecule has 1 N–H and O–H groups in total. The van der Waals surface area contributed by atoms with Gasteiger partial charge in [-0.25, -0.2) is 4.98 Å². The Labute approximate surface area is 122 Å². The van der Waals surface area contributed by atoms with Crippen LogP contribution < -0.4 is 10.2 Å². The molecule has 20 heavy (non-hydrogen) atoms. The first kappa shape index (κ1) is 14.7. The van der Waals surface area contributed by atoms with E-state index in [1.807, 2.05) is 30.1 Å². The van der Waals surface area contributed by atoms with E-state index < -0.39 is 0 Å². The van der Waals surface area contributed by atoms with E-state index in [1.165, 1.54) is 11.3 Å². The van der Waals surface area contributed by atoms with Crippen LogP contribution in [0.4, 0.5) is 5.13 Å². The number of anilines is 1. The molecule has 0 aliphatic carbocycles. The molecule has 0 aliphatic rings. The number of nitrogens with one attached hydrogen (secondary N) is 1. The van der Waals surface area contributed by atoms with Crippen LogP contribution in [0.2, 0.25) is 0 Å². The van der Waals surface area contributed by atoms with Gasteiger partial charge < -0.3 is 5.32 Å². The van der Waals surface area contributed by atoms with Crippen molar-refractivity contribution in [3.63, 3.8) is 0 Å². The number of hydrogen-bond acceptors (Lipinski definition) is 5. The minimum atomic E-state index is 0.0243. The molecule has 2 aromatic rings. The monoisotopic (exact) mass is 293 g/mol. The van der Waals surface area contributed by atoms with Gasteiger partial charge in [-0.15, -0.1) is 11.3 Å². The first-order chi connectivity index (χ1) is 9.61. The summed E-state index contributed by atoms with van der Waals surface area (Å²) in [6, 6.07) is 1.98. The van der Waals surface area contributed by atoms with Crippen LogP contribution in [0.25, 0.3) is 0 Å². The minimum Gasteiger partial charge on any atom is -0.305 e. The Bertz CT molecular complexity index is 577. The molecule has 108 valence electrons. The summed E-state index contributed by atoms with van der Waals surface area (Å²) in [4.78, 5) is 17.6. The Morgan fingerprint density at radius 1 is 1.50 bits per heavy atom. The number of nitrogens with zero attached hydrogens (tertiary/aromatic N) is 4. The van der Waals surface area contributed by atoms with Crippen molar-refractivity contribution in [1.82, 2.24) is 20.1 Å². The van der Waals surface area contributed by atoms with Gasteiger partial charge in [0.1, 0.15) is 0 Å². The van der Waals surface area contributed by atoms with Crippen molar-refractivity contribution in [3.05, 3.63) is 29.0 Å². The van der Waals surface area contributed by atoms with Gasteiger partial charge in [0.15, 0.2) is 5.13 Å². The number of thiazole rings is 1. The molecule has 0 saturated heterocycles. The Balaban J connectivity index is 1.90. The van der Waals surface area contributed by atoms with E-state index in [2.05, 4.69) is 15.4 Å². The Morgan fingerprint density at radius 2 is 2.30 bits per heavy atom. The van der Waals surface area contributed by atoms with E-state index >= 15 is 0 Å². The van der Waals surface area contributed by atoms with Crippen molar-refractivity contribution in [2.24, 2.45) is 7.05 Å². The largest absolute Gasteiger partial charge is 0.305 e. The van der Waals surface area contributed by atoms with Crippen molar-refractivity contribution >= 4 is 22.4 Å². The van der Waals surface area contributed by atoms with Crippen LogP contribution in [0.3, 0.4) is 0 Å². The first-order valence-corrected chi connectivity index (χ1v) is 7.40. The summed E-state index contributed by atoms with van der Waals surface area (Å²) >= 11 is 1.50. The lowest BCUT2D eigenvalue weighted by Gasteiger charge is -2.14. The smallest absolute Gasteiger partial charge is 0.225 e. The average Bonchev–Trinajstić information content (AvgIpc) is 3.01. The molecule has 7 heteroatoms. The molecule has 0 aromatic carbocycles. The van der Waals surface area contributed by atoms with Crippen LogP contribution >= 0.6 is 11.3 Å². The predicted octanol–water partition coefficient (Wildman–Crippen LogP) is 1.54. The van der Waals surface area contributed by atoms with E-state index in [4.69, 9.17) is 0 Å². The summed E-state index contributed by atoms with van der Waals surface area (Å²) in [6.45, 7) is 5.57. The van der Waals surface area contributed by atoms with Gasteiger partial charge >= 0.3 is 0 Å². The number of aromatic nitrogens is 3. The molecule has 0 bridgehead atoms. The van der Waals surface area contributed by atoms with Gasteiger partial charge in [0.2, 0.25) is 5.91 Å². The molecule has 0 saturated carbocycles. The summed E-state index contributed by atoms with van der Waals surface area (Å²) in [5, 5.41) is 10.2. The van der Waals surface area contributed by atoms with Gasteiger partial charge in [-0.3, -0.25) is 14.4 Å². The topological polar surface area (TPSA) is 63.1 Å². The summed E-state index contributed by atoms with van der Waals surface area (Å²) in [5.74, 6) is 0.0243. The van der Waals surface area contributed by atoms with Crippen LogP contribution in [0.15, 0.2) is 17.6 Å². The normalized spacial score (nSPS) is 10.8. The molecule has 0 unspecified atom stereocenters. The van der Waals surface area contributed by atoms with Crippen LogP contribution in [0, 0.1) is 0 Å². The van der Waals surface area contributed by atoms with Gasteiger partial charge in [-0.1, -0.05) is 0 Å². The van der Waals surface area contributed by atoms with Crippen molar-refractivity contribution in [2.45, 2.75) is 26.9 Å². The number of hydrogen-bond donors (Lipinski definition) is 1. The van der Waals surface area contributed by atoms with Gasteiger partial charge in [-0.2, -0.15) is 5.10 Å². The van der Waals surface area contributed by atoms with Crippen molar-refractivity contribution in [2.75, 3.05) is 11.4 Å². The van der Waals surface area contributed by atoms with Crippen LogP contribution in [-0.2, 0) is 24.9 Å². The number of carbonyl (C=O) groups is 1. The van der Waals surface area contributed by atoms with E-state index in [0.717, 1.165) is 23.1 Å². The third kappa shape index (κ3) is 3.43. The van der Waals surface area contributed by atoms with Crippen LogP contribution in [0.1, 0.15) is 25.2 Å². The van der Waals surface area contributed by atoms with Crippen molar-refractivity contribution in [1.29, 1.82) is 0 Å². The maximum absolute atomic E-state index is 11.5. The average molecular weight is 293 g/mol. The molecule has 1 amide bonds. The summed E-state index contributed by atoms with van der Waals surface area (Å²) in [6.07, 6.45) is 1.78. The number of amides is 1. The standard InChI is InChI=1S/C13H19N5OS/c1-4-18(10(2)19)13-16-11(9-20-13)7-14-8-12-5-6-15-17(12)3/h5-6,9,14H,4,7-8H2,1-3H3. The van der Waals surface area contributed by atoms with Crippen molar-refractivity contribution in [3.8, 4) is 0 Å².